The Morgan fingerprint density at radius 1 is 1.33 bits per heavy atom. The van der Waals surface area contributed by atoms with Crippen molar-refractivity contribution in [1.82, 2.24) is 9.97 Å². The Hall–Kier alpha value is -2.88. The zero-order valence-corrected chi connectivity index (χ0v) is 16.0. The van der Waals surface area contributed by atoms with Gasteiger partial charge < -0.3 is 26.4 Å². The minimum atomic E-state index is -0.802. The molecule has 9 nitrogen and oxygen atoms in total. The Kier molecular flexibility index (Phi) is 5.75. The lowest BCUT2D eigenvalue weighted by atomic mass is 10.1. The van der Waals surface area contributed by atoms with Crippen molar-refractivity contribution >= 4 is 45.4 Å². The molecule has 142 valence electrons. The number of hydrogen-bond acceptors (Lipinski definition) is 7. The second kappa shape index (κ2) is 8.21. The minimum absolute atomic E-state index is 0.181. The maximum Gasteiger partial charge on any atom is 0.404 e. The van der Waals surface area contributed by atoms with E-state index in [0.29, 0.717) is 24.9 Å². The number of amides is 2. The van der Waals surface area contributed by atoms with Gasteiger partial charge in [0.1, 0.15) is 17.5 Å². The zero-order valence-electron chi connectivity index (χ0n) is 14.4. The number of primary amides is 2. The molecule has 3 rings (SSSR count). The first kappa shape index (κ1) is 18.9. The van der Waals surface area contributed by atoms with Crippen LogP contribution in [0.25, 0.3) is 0 Å². The molecule has 2 amide bonds. The summed E-state index contributed by atoms with van der Waals surface area (Å²) in [6.07, 6.45) is 1.79. The van der Waals surface area contributed by atoms with Gasteiger partial charge in [0, 0.05) is 22.9 Å². The fraction of sp³-hybridized carbons (Fsp3) is 0.294. The Morgan fingerprint density at radius 3 is 2.85 bits per heavy atom. The molecule has 0 spiro atoms. The maximum absolute atomic E-state index is 11.7. The minimum Gasteiger partial charge on any atom is -0.445 e. The van der Waals surface area contributed by atoms with Gasteiger partial charge in [-0.1, -0.05) is 22.0 Å². The molecular weight excluding hydrogens is 416 g/mol. The van der Waals surface area contributed by atoms with Crippen LogP contribution in [-0.2, 0) is 4.74 Å². The lowest BCUT2D eigenvalue weighted by Gasteiger charge is -2.32. The summed E-state index contributed by atoms with van der Waals surface area (Å²) in [6, 6.07) is 7.44. The lowest BCUT2D eigenvalue weighted by Crippen LogP contribution is -2.42. The standard InChI is InChI=1S/C17H19BrN6O3/c18-10-3-1-4-11(7-10)22-15-13(14(19)25)8-21-17(23-15)24-6-2-5-12(9-24)27-16(20)26/h1,3-4,7-8,12H,2,5-6,9H2,(H2,19,25)(H2,20,26)(H,21,22,23). The molecule has 1 fully saturated rings. The molecule has 5 N–H and O–H groups in total. The first-order valence-corrected chi connectivity index (χ1v) is 9.12. The molecule has 0 bridgehead atoms. The second-order valence-corrected chi connectivity index (χ2v) is 6.99. The van der Waals surface area contributed by atoms with Crippen molar-refractivity contribution in [3.05, 3.63) is 40.5 Å². The largest absolute Gasteiger partial charge is 0.445 e. The van der Waals surface area contributed by atoms with Crippen molar-refractivity contribution in [2.75, 3.05) is 23.3 Å². The maximum atomic E-state index is 11.7. The normalized spacial score (nSPS) is 16.6. The molecule has 2 aromatic rings. The van der Waals surface area contributed by atoms with Crippen LogP contribution in [-0.4, -0.2) is 41.2 Å². The molecule has 1 aliphatic heterocycles. The SMILES string of the molecule is NC(=O)OC1CCCN(c2ncc(C(N)=O)c(Nc3cccc(Br)c3)n2)C1. The van der Waals surface area contributed by atoms with Crippen molar-refractivity contribution in [3.8, 4) is 0 Å². The number of benzene rings is 1. The third-order valence-electron chi connectivity index (χ3n) is 4.07. The molecule has 0 saturated carbocycles. The molecule has 0 aliphatic carbocycles. The summed E-state index contributed by atoms with van der Waals surface area (Å²) in [6.45, 7) is 1.13. The number of hydrogen-bond donors (Lipinski definition) is 3. The topological polar surface area (TPSA) is 136 Å². The summed E-state index contributed by atoms with van der Waals surface area (Å²) in [7, 11) is 0. The fourth-order valence-electron chi connectivity index (χ4n) is 2.88. The summed E-state index contributed by atoms with van der Waals surface area (Å²) < 4.78 is 5.97. The van der Waals surface area contributed by atoms with Crippen LogP contribution in [0, 0.1) is 0 Å². The van der Waals surface area contributed by atoms with Gasteiger partial charge in [0.2, 0.25) is 5.95 Å². The molecule has 2 heterocycles. The van der Waals surface area contributed by atoms with Crippen LogP contribution in [0.3, 0.4) is 0 Å². The monoisotopic (exact) mass is 434 g/mol. The van der Waals surface area contributed by atoms with E-state index >= 15 is 0 Å². The van der Waals surface area contributed by atoms with Crippen LogP contribution < -0.4 is 21.7 Å². The van der Waals surface area contributed by atoms with Gasteiger partial charge in [0.15, 0.2) is 0 Å². The van der Waals surface area contributed by atoms with Crippen molar-refractivity contribution < 1.29 is 14.3 Å². The van der Waals surface area contributed by atoms with Crippen LogP contribution in [0.5, 0.6) is 0 Å². The number of nitrogens with zero attached hydrogens (tertiary/aromatic N) is 3. The summed E-state index contributed by atoms with van der Waals surface area (Å²) in [5.41, 5.74) is 11.5. The number of nitrogens with two attached hydrogens (primary N) is 2. The van der Waals surface area contributed by atoms with Crippen molar-refractivity contribution in [1.29, 1.82) is 0 Å². The Balaban J connectivity index is 1.86. The first-order valence-electron chi connectivity index (χ1n) is 8.33. The summed E-state index contributed by atoms with van der Waals surface area (Å²) in [5, 5.41) is 3.10. The van der Waals surface area contributed by atoms with E-state index in [2.05, 4.69) is 31.2 Å². The van der Waals surface area contributed by atoms with Gasteiger partial charge in [0.05, 0.1) is 6.54 Å². The molecular formula is C17H19BrN6O3. The predicted molar refractivity (Wildman–Crippen MR) is 104 cm³/mol. The predicted octanol–water partition coefficient (Wildman–Crippen LogP) is 2.15. The number of carbonyl (C=O) groups is 2. The van der Waals surface area contributed by atoms with Crippen molar-refractivity contribution in [3.63, 3.8) is 0 Å². The van der Waals surface area contributed by atoms with E-state index in [4.69, 9.17) is 16.2 Å². The van der Waals surface area contributed by atoms with Gasteiger partial charge in [-0.25, -0.2) is 9.78 Å². The number of carbonyl (C=O) groups excluding carboxylic acids is 2. The van der Waals surface area contributed by atoms with Crippen LogP contribution in [0.1, 0.15) is 23.2 Å². The quantitative estimate of drug-likeness (QED) is 0.655. The van der Waals surface area contributed by atoms with E-state index in [9.17, 15) is 9.59 Å². The second-order valence-electron chi connectivity index (χ2n) is 6.08. The van der Waals surface area contributed by atoms with E-state index in [1.54, 1.807) is 0 Å². The zero-order chi connectivity index (χ0) is 19.4. The van der Waals surface area contributed by atoms with E-state index < -0.39 is 12.0 Å². The smallest absolute Gasteiger partial charge is 0.404 e. The van der Waals surface area contributed by atoms with Gasteiger partial charge >= 0.3 is 6.09 Å². The average molecular weight is 435 g/mol. The van der Waals surface area contributed by atoms with Crippen LogP contribution in [0.2, 0.25) is 0 Å². The molecule has 1 aromatic carbocycles. The van der Waals surface area contributed by atoms with Gasteiger partial charge in [-0.2, -0.15) is 4.98 Å². The Labute approximate surface area is 164 Å². The molecule has 0 radical (unpaired) electrons. The van der Waals surface area contributed by atoms with Crippen molar-refractivity contribution in [2.45, 2.75) is 18.9 Å². The number of halogens is 1. The Bertz CT molecular complexity index is 862. The van der Waals surface area contributed by atoms with E-state index in [-0.39, 0.29) is 11.7 Å². The molecule has 1 aliphatic rings. The molecule has 1 atom stereocenters. The average Bonchev–Trinajstić information content (AvgIpc) is 2.61. The number of piperidine rings is 1. The van der Waals surface area contributed by atoms with Gasteiger partial charge in [0.25, 0.3) is 5.91 Å². The third-order valence-corrected chi connectivity index (χ3v) is 4.57. The van der Waals surface area contributed by atoms with Gasteiger partial charge in [-0.05, 0) is 31.0 Å². The highest BCUT2D eigenvalue weighted by atomic mass is 79.9. The number of ether oxygens (including phenoxy) is 1. The van der Waals surface area contributed by atoms with E-state index in [1.165, 1.54) is 6.20 Å². The highest BCUT2D eigenvalue weighted by molar-refractivity contribution is 9.10. The van der Waals surface area contributed by atoms with Crippen LogP contribution >= 0.6 is 15.9 Å². The van der Waals surface area contributed by atoms with Crippen LogP contribution in [0.15, 0.2) is 34.9 Å². The molecule has 10 heteroatoms. The number of aromatic nitrogens is 2. The molecule has 1 unspecified atom stereocenters. The van der Waals surface area contributed by atoms with E-state index in [0.717, 1.165) is 23.0 Å². The first-order chi connectivity index (χ1) is 12.9. The highest BCUT2D eigenvalue weighted by Gasteiger charge is 2.25. The highest BCUT2D eigenvalue weighted by Crippen LogP contribution is 2.25. The third kappa shape index (κ3) is 4.85. The number of anilines is 3. The fourth-order valence-corrected chi connectivity index (χ4v) is 3.28. The van der Waals surface area contributed by atoms with Crippen LogP contribution in [0.4, 0.5) is 22.2 Å². The Morgan fingerprint density at radius 2 is 2.15 bits per heavy atom. The van der Waals surface area contributed by atoms with Crippen molar-refractivity contribution in [2.24, 2.45) is 11.5 Å². The van der Waals surface area contributed by atoms with Gasteiger partial charge in [-0.3, -0.25) is 4.79 Å². The van der Waals surface area contributed by atoms with Gasteiger partial charge in [-0.15, -0.1) is 0 Å². The molecule has 1 aromatic heterocycles. The lowest BCUT2D eigenvalue weighted by molar-refractivity contribution is 0.0959. The number of rotatable bonds is 5. The summed E-state index contributed by atoms with van der Waals surface area (Å²) >= 11 is 3.40. The molecule has 27 heavy (non-hydrogen) atoms. The molecule has 1 saturated heterocycles. The summed E-state index contributed by atoms with van der Waals surface area (Å²) in [4.78, 5) is 33.4. The summed E-state index contributed by atoms with van der Waals surface area (Å²) in [5.74, 6) is 0.0893. The number of nitrogens with one attached hydrogen (secondary N) is 1. The van der Waals surface area contributed by atoms with E-state index in [1.807, 2.05) is 29.2 Å².